The lowest BCUT2D eigenvalue weighted by Crippen LogP contribution is -2.47. The summed E-state index contributed by atoms with van der Waals surface area (Å²) in [6, 6.07) is 4.42. The number of methoxy groups -OCH3 is 1. The molecule has 0 spiro atoms. The van der Waals surface area contributed by atoms with Gasteiger partial charge < -0.3 is 10.1 Å². The largest absolute Gasteiger partial charge is 0.465 e. The van der Waals surface area contributed by atoms with Crippen molar-refractivity contribution in [2.45, 2.75) is 12.8 Å². The number of nitrogens with zero attached hydrogens (tertiary/aromatic N) is 2. The standard InChI is InChI=1S/C16H22ClN3O5S/c1-19(2)26(23,24)20-8-4-5-12(10-20)15(21)18-14-9-11(16(22)25-3)6-7-13(14)17/h6-7,9,12H,4-5,8,10H2,1-3H3,(H,18,21). The van der Waals surface area contributed by atoms with Gasteiger partial charge in [-0.2, -0.15) is 17.0 Å². The number of amides is 1. The van der Waals surface area contributed by atoms with Crippen molar-refractivity contribution in [2.24, 2.45) is 5.92 Å². The highest BCUT2D eigenvalue weighted by Crippen LogP contribution is 2.26. The predicted molar refractivity (Wildman–Crippen MR) is 98.3 cm³/mol. The van der Waals surface area contributed by atoms with Gasteiger partial charge in [0.05, 0.1) is 29.3 Å². The molecule has 1 aromatic carbocycles. The number of hydrogen-bond donors (Lipinski definition) is 1. The molecule has 1 aliphatic heterocycles. The first-order valence-electron chi connectivity index (χ1n) is 8.03. The van der Waals surface area contributed by atoms with Crippen LogP contribution in [0.25, 0.3) is 0 Å². The van der Waals surface area contributed by atoms with Gasteiger partial charge in [-0.05, 0) is 31.0 Å². The topological polar surface area (TPSA) is 96.0 Å². The fraction of sp³-hybridized carbons (Fsp3) is 0.500. The number of halogens is 1. The molecule has 1 atom stereocenters. The van der Waals surface area contributed by atoms with E-state index in [2.05, 4.69) is 10.1 Å². The number of ether oxygens (including phenoxy) is 1. The van der Waals surface area contributed by atoms with Crippen LogP contribution in [0, 0.1) is 5.92 Å². The highest BCUT2D eigenvalue weighted by molar-refractivity contribution is 7.86. The first kappa shape index (κ1) is 20.6. The summed E-state index contributed by atoms with van der Waals surface area (Å²) in [5, 5.41) is 2.96. The molecule has 1 heterocycles. The molecule has 0 saturated carbocycles. The number of piperidine rings is 1. The highest BCUT2D eigenvalue weighted by Gasteiger charge is 2.33. The van der Waals surface area contributed by atoms with Gasteiger partial charge in [0, 0.05) is 27.2 Å². The maximum absolute atomic E-state index is 12.6. The second-order valence-corrected chi connectivity index (χ2v) is 8.71. The number of anilines is 1. The molecule has 1 aromatic rings. The Morgan fingerprint density at radius 2 is 2.04 bits per heavy atom. The SMILES string of the molecule is COC(=O)c1ccc(Cl)c(NC(=O)C2CCCN(S(=O)(=O)N(C)C)C2)c1. The third-order valence-corrected chi connectivity index (χ3v) is 6.42. The minimum atomic E-state index is -3.57. The molecular formula is C16H22ClN3O5S. The van der Waals surface area contributed by atoms with Gasteiger partial charge in [-0.1, -0.05) is 11.6 Å². The normalized spacial score (nSPS) is 18.6. The van der Waals surface area contributed by atoms with Crippen molar-refractivity contribution in [3.63, 3.8) is 0 Å². The second-order valence-electron chi connectivity index (χ2n) is 6.16. The first-order valence-corrected chi connectivity index (χ1v) is 9.80. The Balaban J connectivity index is 2.14. The van der Waals surface area contributed by atoms with Crippen LogP contribution in [0.3, 0.4) is 0 Å². The molecule has 1 saturated heterocycles. The van der Waals surface area contributed by atoms with Crippen LogP contribution < -0.4 is 5.32 Å². The molecule has 1 fully saturated rings. The zero-order chi connectivity index (χ0) is 19.5. The summed E-state index contributed by atoms with van der Waals surface area (Å²) in [4.78, 5) is 24.2. The molecule has 0 aliphatic carbocycles. The Labute approximate surface area is 158 Å². The molecule has 26 heavy (non-hydrogen) atoms. The quantitative estimate of drug-likeness (QED) is 0.753. The van der Waals surface area contributed by atoms with Crippen LogP contribution in [-0.4, -0.2) is 63.2 Å². The summed E-state index contributed by atoms with van der Waals surface area (Å²) >= 11 is 6.09. The maximum Gasteiger partial charge on any atom is 0.337 e. The lowest BCUT2D eigenvalue weighted by atomic mass is 9.98. The van der Waals surface area contributed by atoms with E-state index in [4.69, 9.17) is 11.6 Å². The van der Waals surface area contributed by atoms with E-state index in [0.29, 0.717) is 19.4 Å². The molecule has 10 heteroatoms. The Morgan fingerprint density at radius 1 is 1.35 bits per heavy atom. The summed E-state index contributed by atoms with van der Waals surface area (Å²) < 4.78 is 31.6. The van der Waals surface area contributed by atoms with Gasteiger partial charge >= 0.3 is 5.97 Å². The van der Waals surface area contributed by atoms with E-state index in [0.717, 1.165) is 4.31 Å². The van der Waals surface area contributed by atoms with E-state index in [1.54, 1.807) is 0 Å². The van der Waals surface area contributed by atoms with E-state index in [9.17, 15) is 18.0 Å². The van der Waals surface area contributed by atoms with Gasteiger partial charge in [0.25, 0.3) is 10.2 Å². The summed E-state index contributed by atoms with van der Waals surface area (Å²) in [6.07, 6.45) is 1.15. The van der Waals surface area contributed by atoms with Crippen LogP contribution in [0.2, 0.25) is 5.02 Å². The predicted octanol–water partition coefficient (Wildman–Crippen LogP) is 1.58. The molecule has 1 amide bonds. The summed E-state index contributed by atoms with van der Waals surface area (Å²) in [6.45, 7) is 0.476. The lowest BCUT2D eigenvalue weighted by Gasteiger charge is -2.32. The zero-order valence-corrected chi connectivity index (χ0v) is 16.4. The van der Waals surface area contributed by atoms with Crippen molar-refractivity contribution in [1.82, 2.24) is 8.61 Å². The van der Waals surface area contributed by atoms with Crippen LogP contribution in [0.5, 0.6) is 0 Å². The molecule has 1 unspecified atom stereocenters. The van der Waals surface area contributed by atoms with Crippen molar-refractivity contribution < 1.29 is 22.7 Å². The van der Waals surface area contributed by atoms with E-state index in [1.165, 1.54) is 43.7 Å². The van der Waals surface area contributed by atoms with Gasteiger partial charge in [-0.15, -0.1) is 0 Å². The van der Waals surface area contributed by atoms with Gasteiger partial charge in [-0.25, -0.2) is 4.79 Å². The van der Waals surface area contributed by atoms with Gasteiger partial charge in [0.2, 0.25) is 5.91 Å². The Morgan fingerprint density at radius 3 is 2.65 bits per heavy atom. The molecule has 0 bridgehead atoms. The number of rotatable bonds is 5. The zero-order valence-electron chi connectivity index (χ0n) is 14.9. The molecule has 0 aromatic heterocycles. The van der Waals surface area contributed by atoms with Gasteiger partial charge in [-0.3, -0.25) is 4.79 Å². The molecule has 8 nitrogen and oxygen atoms in total. The number of esters is 1. The molecule has 144 valence electrons. The number of carbonyl (C=O) groups excluding carboxylic acids is 2. The van der Waals surface area contributed by atoms with Crippen LogP contribution in [0.15, 0.2) is 18.2 Å². The second kappa shape index (κ2) is 8.34. The van der Waals surface area contributed by atoms with Crippen molar-refractivity contribution in [2.75, 3.05) is 39.6 Å². The highest BCUT2D eigenvalue weighted by atomic mass is 35.5. The Bertz CT molecular complexity index is 797. The Kier molecular flexibility index (Phi) is 6.62. The monoisotopic (exact) mass is 403 g/mol. The van der Waals surface area contributed by atoms with Crippen LogP contribution >= 0.6 is 11.6 Å². The van der Waals surface area contributed by atoms with Crippen molar-refractivity contribution in [3.8, 4) is 0 Å². The van der Waals surface area contributed by atoms with Crippen LogP contribution in [0.4, 0.5) is 5.69 Å². The number of carbonyl (C=O) groups is 2. The molecular weight excluding hydrogens is 382 g/mol. The Hall–Kier alpha value is -1.68. The third-order valence-electron chi connectivity index (χ3n) is 4.19. The number of nitrogens with one attached hydrogen (secondary N) is 1. The number of hydrogen-bond acceptors (Lipinski definition) is 5. The fourth-order valence-corrected chi connectivity index (χ4v) is 4.05. The molecule has 1 N–H and O–H groups in total. The minimum Gasteiger partial charge on any atom is -0.465 e. The van der Waals surface area contributed by atoms with Crippen molar-refractivity contribution in [1.29, 1.82) is 0 Å². The van der Waals surface area contributed by atoms with Crippen LogP contribution in [-0.2, 0) is 19.7 Å². The maximum atomic E-state index is 12.6. The average Bonchev–Trinajstić information content (AvgIpc) is 2.62. The van der Waals surface area contributed by atoms with Gasteiger partial charge in [0.1, 0.15) is 0 Å². The van der Waals surface area contributed by atoms with E-state index < -0.39 is 22.1 Å². The number of benzene rings is 1. The smallest absolute Gasteiger partial charge is 0.337 e. The molecule has 1 aliphatic rings. The average molecular weight is 404 g/mol. The van der Waals surface area contributed by atoms with Crippen LogP contribution in [0.1, 0.15) is 23.2 Å². The molecule has 2 rings (SSSR count). The minimum absolute atomic E-state index is 0.0979. The third kappa shape index (κ3) is 4.53. The van der Waals surface area contributed by atoms with Crippen molar-refractivity contribution >= 4 is 39.4 Å². The van der Waals surface area contributed by atoms with Crippen molar-refractivity contribution in [3.05, 3.63) is 28.8 Å². The van der Waals surface area contributed by atoms with E-state index in [1.807, 2.05) is 0 Å². The molecule has 0 radical (unpaired) electrons. The fourth-order valence-electron chi connectivity index (χ4n) is 2.70. The summed E-state index contributed by atoms with van der Waals surface area (Å²) in [5.41, 5.74) is 0.541. The first-order chi connectivity index (χ1) is 12.2. The lowest BCUT2D eigenvalue weighted by molar-refractivity contribution is -0.120. The van der Waals surface area contributed by atoms with Gasteiger partial charge in [0.15, 0.2) is 0 Å². The van der Waals surface area contributed by atoms with E-state index >= 15 is 0 Å². The summed E-state index contributed by atoms with van der Waals surface area (Å²) in [5.74, 6) is -1.39. The summed E-state index contributed by atoms with van der Waals surface area (Å²) in [7, 11) is 0.602. The van der Waals surface area contributed by atoms with E-state index in [-0.39, 0.29) is 28.7 Å².